The molecular formula is C14H22BrFN2. The van der Waals surface area contributed by atoms with E-state index in [-0.39, 0.29) is 17.4 Å². The summed E-state index contributed by atoms with van der Waals surface area (Å²) in [5.41, 5.74) is 7.16. The number of nitrogens with two attached hydrogens (primary N) is 1. The van der Waals surface area contributed by atoms with Gasteiger partial charge in [-0.25, -0.2) is 4.39 Å². The molecule has 0 bridgehead atoms. The summed E-state index contributed by atoms with van der Waals surface area (Å²) < 4.78 is 14.2. The quantitative estimate of drug-likeness (QED) is 0.904. The molecule has 0 aliphatic rings. The second kappa shape index (κ2) is 6.13. The van der Waals surface area contributed by atoms with Crippen LogP contribution in [0, 0.1) is 5.82 Å². The van der Waals surface area contributed by atoms with Crippen molar-refractivity contribution in [3.05, 3.63) is 34.1 Å². The molecule has 1 aromatic carbocycles. The van der Waals surface area contributed by atoms with Gasteiger partial charge in [0, 0.05) is 16.1 Å². The van der Waals surface area contributed by atoms with Crippen LogP contribution in [0.2, 0.25) is 0 Å². The number of likely N-dealkylation sites (N-methyl/N-ethyl adjacent to an activating group) is 1. The molecule has 18 heavy (non-hydrogen) atoms. The van der Waals surface area contributed by atoms with Crippen LogP contribution in [0.3, 0.4) is 0 Å². The second-order valence-electron chi connectivity index (χ2n) is 5.15. The van der Waals surface area contributed by atoms with Crippen molar-refractivity contribution in [2.75, 3.05) is 14.1 Å². The van der Waals surface area contributed by atoms with Gasteiger partial charge in [0.15, 0.2) is 0 Å². The number of rotatable bonds is 5. The highest BCUT2D eigenvalue weighted by Gasteiger charge is 2.32. The van der Waals surface area contributed by atoms with Crippen molar-refractivity contribution in [1.82, 2.24) is 4.90 Å². The molecule has 0 aliphatic carbocycles. The highest BCUT2D eigenvalue weighted by atomic mass is 79.9. The minimum atomic E-state index is -0.219. The first-order valence-electron chi connectivity index (χ1n) is 6.18. The van der Waals surface area contributed by atoms with E-state index in [2.05, 4.69) is 34.7 Å². The van der Waals surface area contributed by atoms with Crippen molar-refractivity contribution < 1.29 is 4.39 Å². The minimum absolute atomic E-state index is 0.0457. The van der Waals surface area contributed by atoms with Crippen molar-refractivity contribution in [1.29, 1.82) is 0 Å². The molecule has 1 aromatic rings. The van der Waals surface area contributed by atoms with Gasteiger partial charge in [0.1, 0.15) is 5.82 Å². The lowest BCUT2D eigenvalue weighted by Crippen LogP contribution is -2.55. The van der Waals surface area contributed by atoms with Gasteiger partial charge in [-0.3, -0.25) is 0 Å². The third-order valence-corrected chi connectivity index (χ3v) is 4.76. The molecule has 0 fully saturated rings. The Balaban J connectivity index is 2.93. The topological polar surface area (TPSA) is 29.3 Å². The third kappa shape index (κ3) is 3.31. The molecule has 4 heteroatoms. The Morgan fingerprint density at radius 1 is 1.44 bits per heavy atom. The van der Waals surface area contributed by atoms with Crippen molar-refractivity contribution >= 4 is 15.9 Å². The average Bonchev–Trinajstić information content (AvgIpc) is 2.32. The summed E-state index contributed by atoms with van der Waals surface area (Å²) >= 11 is 3.45. The van der Waals surface area contributed by atoms with Crippen LogP contribution in [0.15, 0.2) is 22.7 Å². The van der Waals surface area contributed by atoms with Crippen LogP contribution in [-0.4, -0.2) is 30.6 Å². The van der Waals surface area contributed by atoms with Crippen LogP contribution in [0.5, 0.6) is 0 Å². The predicted molar refractivity (Wildman–Crippen MR) is 78.2 cm³/mol. The maximum atomic E-state index is 13.3. The molecule has 0 spiro atoms. The Hall–Kier alpha value is -0.450. The van der Waals surface area contributed by atoms with Crippen LogP contribution in [0.4, 0.5) is 4.39 Å². The fraction of sp³-hybridized carbons (Fsp3) is 0.571. The summed E-state index contributed by atoms with van der Waals surface area (Å²) in [7, 11) is 4.06. The number of nitrogens with zero attached hydrogens (tertiary/aromatic N) is 1. The third-order valence-electron chi connectivity index (χ3n) is 3.98. The Morgan fingerprint density at radius 3 is 2.56 bits per heavy atom. The highest BCUT2D eigenvalue weighted by Crippen LogP contribution is 2.25. The molecule has 2 atom stereocenters. The number of benzene rings is 1. The van der Waals surface area contributed by atoms with Crippen molar-refractivity contribution in [3.63, 3.8) is 0 Å². The lowest BCUT2D eigenvalue weighted by atomic mass is 9.85. The summed E-state index contributed by atoms with van der Waals surface area (Å²) in [6.07, 6.45) is 1.61. The first kappa shape index (κ1) is 15.6. The maximum absolute atomic E-state index is 13.3. The lowest BCUT2D eigenvalue weighted by molar-refractivity contribution is 0.131. The number of halogens is 2. The molecule has 2 unspecified atom stereocenters. The fourth-order valence-corrected chi connectivity index (χ4v) is 2.48. The lowest BCUT2D eigenvalue weighted by Gasteiger charge is -2.41. The van der Waals surface area contributed by atoms with E-state index in [9.17, 15) is 4.39 Å². The smallest absolute Gasteiger partial charge is 0.123 e. The maximum Gasteiger partial charge on any atom is 0.123 e. The second-order valence-corrected chi connectivity index (χ2v) is 6.01. The minimum Gasteiger partial charge on any atom is -0.326 e. The van der Waals surface area contributed by atoms with Crippen LogP contribution < -0.4 is 5.73 Å². The first-order valence-corrected chi connectivity index (χ1v) is 6.97. The summed E-state index contributed by atoms with van der Waals surface area (Å²) in [4.78, 5) is 2.14. The molecule has 0 heterocycles. The molecule has 0 saturated heterocycles. The Morgan fingerprint density at radius 2 is 2.06 bits per heavy atom. The Labute approximate surface area is 117 Å². The van der Waals surface area contributed by atoms with E-state index in [0.29, 0.717) is 6.42 Å². The van der Waals surface area contributed by atoms with Gasteiger partial charge in [0.2, 0.25) is 0 Å². The summed E-state index contributed by atoms with van der Waals surface area (Å²) in [6.45, 7) is 4.27. The monoisotopic (exact) mass is 316 g/mol. The Kier molecular flexibility index (Phi) is 5.32. The molecule has 0 aromatic heterocycles. The highest BCUT2D eigenvalue weighted by molar-refractivity contribution is 9.10. The normalized spacial score (nSPS) is 16.7. The van der Waals surface area contributed by atoms with Gasteiger partial charge < -0.3 is 10.6 Å². The van der Waals surface area contributed by atoms with Crippen molar-refractivity contribution in [3.8, 4) is 0 Å². The van der Waals surface area contributed by atoms with Crippen LogP contribution >= 0.6 is 15.9 Å². The van der Waals surface area contributed by atoms with E-state index in [1.54, 1.807) is 12.1 Å². The van der Waals surface area contributed by atoms with Crippen molar-refractivity contribution in [2.24, 2.45) is 5.73 Å². The largest absolute Gasteiger partial charge is 0.326 e. The van der Waals surface area contributed by atoms with Crippen LogP contribution in [-0.2, 0) is 6.42 Å². The van der Waals surface area contributed by atoms with Gasteiger partial charge in [0.05, 0.1) is 0 Å². The molecule has 2 nitrogen and oxygen atoms in total. The summed E-state index contributed by atoms with van der Waals surface area (Å²) in [6, 6.07) is 4.69. The van der Waals surface area contributed by atoms with E-state index in [0.717, 1.165) is 16.5 Å². The zero-order valence-electron chi connectivity index (χ0n) is 11.5. The van der Waals surface area contributed by atoms with Gasteiger partial charge in [-0.15, -0.1) is 0 Å². The number of hydrogen-bond donors (Lipinski definition) is 1. The number of hydrogen-bond acceptors (Lipinski definition) is 2. The van der Waals surface area contributed by atoms with Gasteiger partial charge >= 0.3 is 0 Å². The van der Waals surface area contributed by atoms with Crippen molar-refractivity contribution in [2.45, 2.75) is 38.3 Å². The Bertz CT molecular complexity index is 409. The molecule has 2 N–H and O–H groups in total. The van der Waals surface area contributed by atoms with Gasteiger partial charge in [-0.1, -0.05) is 22.9 Å². The molecule has 0 amide bonds. The zero-order valence-corrected chi connectivity index (χ0v) is 13.1. The zero-order chi connectivity index (χ0) is 13.9. The SMILES string of the molecule is CCC(C)(C(N)Cc1cc(F)ccc1Br)N(C)C. The summed E-state index contributed by atoms with van der Waals surface area (Å²) in [5, 5.41) is 0. The summed E-state index contributed by atoms with van der Waals surface area (Å²) in [5.74, 6) is -0.219. The molecule has 102 valence electrons. The molecule has 0 saturated carbocycles. The van der Waals surface area contributed by atoms with E-state index >= 15 is 0 Å². The van der Waals surface area contributed by atoms with E-state index in [4.69, 9.17) is 5.73 Å². The molecular weight excluding hydrogens is 295 g/mol. The van der Waals surface area contributed by atoms with Crippen LogP contribution in [0.25, 0.3) is 0 Å². The van der Waals surface area contributed by atoms with Crippen LogP contribution in [0.1, 0.15) is 25.8 Å². The van der Waals surface area contributed by atoms with E-state index in [1.807, 2.05) is 14.1 Å². The van der Waals surface area contributed by atoms with E-state index < -0.39 is 0 Å². The van der Waals surface area contributed by atoms with E-state index in [1.165, 1.54) is 6.07 Å². The average molecular weight is 317 g/mol. The van der Waals surface area contributed by atoms with Gasteiger partial charge in [-0.2, -0.15) is 0 Å². The fourth-order valence-electron chi connectivity index (χ4n) is 2.07. The van der Waals surface area contributed by atoms with Gasteiger partial charge in [-0.05, 0) is 57.6 Å². The molecule has 1 rings (SSSR count). The molecule has 0 aliphatic heterocycles. The molecule has 0 radical (unpaired) electrons. The standard InChI is InChI=1S/C14H22BrFN2/c1-5-14(2,18(3)4)13(17)9-10-8-11(16)6-7-12(10)15/h6-8,13H,5,9,17H2,1-4H3. The van der Waals surface area contributed by atoms with Gasteiger partial charge in [0.25, 0.3) is 0 Å². The first-order chi connectivity index (χ1) is 8.31. The predicted octanol–water partition coefficient (Wildman–Crippen LogP) is 3.19.